The predicted octanol–water partition coefficient (Wildman–Crippen LogP) is 5.49. The molecule has 2 unspecified atom stereocenters. The van der Waals surface area contributed by atoms with E-state index in [1.165, 1.54) is 6.07 Å². The number of pyridine rings is 1. The van der Waals surface area contributed by atoms with E-state index >= 15 is 8.78 Å². The van der Waals surface area contributed by atoms with Crippen LogP contribution in [-0.4, -0.2) is 80.5 Å². The molecule has 5 fully saturated rings. The van der Waals surface area contributed by atoms with Gasteiger partial charge >= 0.3 is 6.01 Å². The predicted molar refractivity (Wildman–Crippen MR) is 172 cm³/mol. The minimum absolute atomic E-state index is 0.0194. The van der Waals surface area contributed by atoms with Gasteiger partial charge in [-0.25, -0.2) is 8.78 Å². The summed E-state index contributed by atoms with van der Waals surface area (Å²) >= 11 is 0. The van der Waals surface area contributed by atoms with Crippen molar-refractivity contribution in [3.8, 4) is 35.4 Å². The minimum atomic E-state index is -1.17. The number of anilines is 1. The molecule has 10 heteroatoms. The van der Waals surface area contributed by atoms with Crippen LogP contribution in [0.1, 0.15) is 56.9 Å². The molecule has 8 nitrogen and oxygen atoms in total. The highest BCUT2D eigenvalue weighted by molar-refractivity contribution is 6.02. The zero-order valence-corrected chi connectivity index (χ0v) is 25.6. The first kappa shape index (κ1) is 28.2. The third-order valence-electron chi connectivity index (χ3n) is 11.3. The number of benzene rings is 2. The lowest BCUT2D eigenvalue weighted by Gasteiger charge is -2.35. The van der Waals surface area contributed by atoms with E-state index in [1.807, 2.05) is 12.1 Å². The number of terminal acetylenes is 1. The van der Waals surface area contributed by atoms with Gasteiger partial charge in [0.05, 0.1) is 10.9 Å². The third-order valence-corrected chi connectivity index (χ3v) is 11.3. The molecule has 46 heavy (non-hydrogen) atoms. The van der Waals surface area contributed by atoms with E-state index in [0.29, 0.717) is 58.0 Å². The van der Waals surface area contributed by atoms with Gasteiger partial charge in [0.2, 0.25) is 0 Å². The van der Waals surface area contributed by atoms with Crippen LogP contribution in [0.25, 0.3) is 32.9 Å². The number of aromatic hydroxyl groups is 1. The maximum absolute atomic E-state index is 16.9. The van der Waals surface area contributed by atoms with Gasteiger partial charge in [-0.15, -0.1) is 6.42 Å². The highest BCUT2D eigenvalue weighted by Crippen LogP contribution is 2.55. The molecule has 0 spiro atoms. The summed E-state index contributed by atoms with van der Waals surface area (Å²) in [6.45, 7) is 2.60. The van der Waals surface area contributed by atoms with Gasteiger partial charge in [0.15, 0.2) is 5.82 Å². The van der Waals surface area contributed by atoms with Crippen LogP contribution in [0.4, 0.5) is 14.6 Å². The first-order valence-corrected chi connectivity index (χ1v) is 16.5. The fraction of sp³-hybridized carbons (Fsp3) is 0.472. The van der Waals surface area contributed by atoms with Gasteiger partial charge in [0.1, 0.15) is 35.1 Å². The summed E-state index contributed by atoms with van der Waals surface area (Å²) in [4.78, 5) is 18.7. The summed E-state index contributed by atoms with van der Waals surface area (Å²) in [5.41, 5.74) is -0.484. The Kier molecular flexibility index (Phi) is 6.26. The summed E-state index contributed by atoms with van der Waals surface area (Å²) in [6, 6.07) is 9.21. The van der Waals surface area contributed by atoms with Crippen molar-refractivity contribution in [3.63, 3.8) is 0 Å². The van der Waals surface area contributed by atoms with E-state index in [0.717, 1.165) is 58.2 Å². The highest BCUT2D eigenvalue weighted by Gasteiger charge is 2.63. The van der Waals surface area contributed by atoms with Crippen molar-refractivity contribution in [2.24, 2.45) is 0 Å². The van der Waals surface area contributed by atoms with Crippen LogP contribution < -0.4 is 15.0 Å². The fourth-order valence-electron chi connectivity index (χ4n) is 9.45. The molecule has 6 heterocycles. The zero-order chi connectivity index (χ0) is 31.2. The number of phenols is 1. The van der Waals surface area contributed by atoms with Gasteiger partial charge in [-0.05, 0) is 75.1 Å². The van der Waals surface area contributed by atoms with Crippen LogP contribution >= 0.6 is 0 Å². The van der Waals surface area contributed by atoms with Gasteiger partial charge in [-0.3, -0.25) is 9.88 Å². The maximum Gasteiger partial charge on any atom is 0.319 e. The quantitative estimate of drug-likeness (QED) is 0.283. The fourth-order valence-corrected chi connectivity index (χ4v) is 9.45. The lowest BCUT2D eigenvalue weighted by atomic mass is 9.88. The Morgan fingerprint density at radius 2 is 1.96 bits per heavy atom. The van der Waals surface area contributed by atoms with E-state index in [2.05, 4.69) is 31.0 Å². The molecule has 4 saturated heterocycles. The van der Waals surface area contributed by atoms with Crippen LogP contribution in [-0.2, 0) is 0 Å². The molecule has 2 bridgehead atoms. The molecular weight excluding hydrogens is 586 g/mol. The largest absolute Gasteiger partial charge is 0.508 e. The summed E-state index contributed by atoms with van der Waals surface area (Å²) in [5, 5.41) is 16.0. The molecule has 0 radical (unpaired) electrons. The molecule has 1 saturated carbocycles. The van der Waals surface area contributed by atoms with Gasteiger partial charge in [-0.2, -0.15) is 9.97 Å². The van der Waals surface area contributed by atoms with Crippen molar-refractivity contribution in [3.05, 3.63) is 47.9 Å². The second-order valence-corrected chi connectivity index (χ2v) is 14.0. The number of aromatic nitrogens is 3. The van der Waals surface area contributed by atoms with E-state index < -0.39 is 17.0 Å². The summed E-state index contributed by atoms with van der Waals surface area (Å²) in [7, 11) is 0. The van der Waals surface area contributed by atoms with Gasteiger partial charge < -0.3 is 20.1 Å². The molecule has 4 aliphatic heterocycles. The second-order valence-electron chi connectivity index (χ2n) is 14.0. The molecule has 4 aromatic rings. The van der Waals surface area contributed by atoms with Crippen molar-refractivity contribution in [2.75, 3.05) is 31.1 Å². The van der Waals surface area contributed by atoms with Gasteiger partial charge in [-0.1, -0.05) is 18.1 Å². The molecule has 2 N–H and O–H groups in total. The number of rotatable bonds is 5. The van der Waals surface area contributed by atoms with E-state index in [4.69, 9.17) is 16.1 Å². The lowest BCUT2D eigenvalue weighted by molar-refractivity contribution is 0.0811. The Balaban J connectivity index is 1.16. The first-order chi connectivity index (χ1) is 22.3. The highest BCUT2D eigenvalue weighted by atomic mass is 19.1. The molecule has 236 valence electrons. The molecule has 2 aromatic heterocycles. The topological polar surface area (TPSA) is 86.6 Å². The van der Waals surface area contributed by atoms with E-state index in [1.54, 1.807) is 18.3 Å². The van der Waals surface area contributed by atoms with Crippen molar-refractivity contribution < 1.29 is 18.6 Å². The van der Waals surface area contributed by atoms with Gasteiger partial charge in [0, 0.05) is 60.3 Å². The Labute approximate surface area is 266 Å². The smallest absolute Gasteiger partial charge is 0.319 e. The average Bonchev–Trinajstić information content (AvgIpc) is 3.78. The molecular formula is C36H36F2N6O2. The van der Waals surface area contributed by atoms with Crippen LogP contribution in [0.15, 0.2) is 36.5 Å². The van der Waals surface area contributed by atoms with Crippen molar-refractivity contribution in [1.82, 2.24) is 25.2 Å². The molecule has 2 aromatic carbocycles. The van der Waals surface area contributed by atoms with Crippen LogP contribution in [0.2, 0.25) is 0 Å². The number of hydrogen-bond acceptors (Lipinski definition) is 8. The minimum Gasteiger partial charge on any atom is -0.508 e. The Hall–Kier alpha value is -4.07. The van der Waals surface area contributed by atoms with Crippen LogP contribution in [0.3, 0.4) is 0 Å². The van der Waals surface area contributed by atoms with Crippen molar-refractivity contribution in [1.29, 1.82) is 0 Å². The number of alkyl halides is 1. The standard InChI is InChI=1S/C36H36F2N6O2/c1-2-21-6-3-7-22-14-25(45)15-26(29(21)22)31-30(37)32-27(16-39-31)33(43-17-23-9-10-24(18-43)40-23)42-34(41-32)46-20-35-11-5-13-44(35)28-8-4-12-36(28,38)19-35/h1,3,6-7,14-16,23-24,28,40,45H,4-5,8-13,17-20H2/t23?,24?,28-,35-,36+/m1/s1. The van der Waals surface area contributed by atoms with Gasteiger partial charge in [0.25, 0.3) is 0 Å². The number of piperazine rings is 1. The second kappa shape index (κ2) is 10.2. The molecule has 5 aliphatic rings. The van der Waals surface area contributed by atoms with Crippen LogP contribution in [0, 0.1) is 18.2 Å². The summed E-state index contributed by atoms with van der Waals surface area (Å²) in [5.74, 6) is 2.62. The van der Waals surface area contributed by atoms with E-state index in [9.17, 15) is 5.11 Å². The molecule has 0 amide bonds. The van der Waals surface area contributed by atoms with Crippen molar-refractivity contribution >= 4 is 27.5 Å². The Morgan fingerprint density at radius 3 is 2.78 bits per heavy atom. The lowest BCUT2D eigenvalue weighted by Crippen LogP contribution is -2.51. The number of nitrogens with zero attached hydrogens (tertiary/aromatic N) is 5. The van der Waals surface area contributed by atoms with Crippen molar-refractivity contribution in [2.45, 2.75) is 80.7 Å². The summed E-state index contributed by atoms with van der Waals surface area (Å²) in [6.07, 6.45) is 14.3. The normalized spacial score (nSPS) is 30.2. The Bertz CT molecular complexity index is 1940. The summed E-state index contributed by atoms with van der Waals surface area (Å²) < 4.78 is 39.3. The molecule has 5 atom stereocenters. The number of fused-ring (bicyclic) bond motifs is 7. The Morgan fingerprint density at radius 1 is 1.11 bits per heavy atom. The number of halogens is 2. The number of nitrogens with one attached hydrogen (secondary N) is 1. The van der Waals surface area contributed by atoms with E-state index in [-0.39, 0.29) is 35.6 Å². The maximum atomic E-state index is 16.9. The first-order valence-electron chi connectivity index (χ1n) is 16.5. The molecule has 1 aliphatic carbocycles. The average molecular weight is 623 g/mol. The SMILES string of the molecule is C#Cc1cccc2cc(O)cc(-c3ncc4c(N5CC6CCC(C5)N6)nc(OC[C@]56CCCN5[C@@H]5CCC[C@]5(F)C6)nc4c3F)c12. The molecule has 9 rings (SSSR count). The monoisotopic (exact) mass is 622 g/mol. The number of ether oxygens (including phenoxy) is 1. The zero-order valence-electron chi connectivity index (χ0n) is 25.6. The number of phenolic OH excluding ortho intramolecular Hbond substituents is 1. The third kappa shape index (κ3) is 4.21. The van der Waals surface area contributed by atoms with Crippen LogP contribution in [0.5, 0.6) is 11.8 Å². The number of hydrogen-bond donors (Lipinski definition) is 2.